The average Bonchev–Trinajstić information content (AvgIpc) is 3.44. The van der Waals surface area contributed by atoms with Crippen molar-refractivity contribution in [2.24, 2.45) is 0 Å². The minimum Gasteiger partial charge on any atom is -0.383 e. The molecule has 1 atom stereocenters. The first-order chi connectivity index (χ1) is 15.2. The molecule has 0 aliphatic carbocycles. The molecule has 0 bridgehead atoms. The van der Waals surface area contributed by atoms with Crippen LogP contribution in [-0.4, -0.2) is 47.2 Å². The maximum absolute atomic E-state index is 12.8. The van der Waals surface area contributed by atoms with Crippen LogP contribution in [0.2, 0.25) is 0 Å². The van der Waals surface area contributed by atoms with E-state index in [2.05, 4.69) is 38.4 Å². The lowest BCUT2D eigenvalue weighted by atomic mass is 10.1. The second kappa shape index (κ2) is 9.95. The fraction of sp³-hybridized carbons (Fsp3) is 0.348. The maximum Gasteiger partial charge on any atom is 0.327 e. The number of thiazole rings is 1. The summed E-state index contributed by atoms with van der Waals surface area (Å²) < 4.78 is 5.37. The van der Waals surface area contributed by atoms with E-state index in [-0.39, 0.29) is 18.4 Å². The highest BCUT2D eigenvalue weighted by molar-refractivity contribution is 7.13. The predicted octanol–water partition coefficient (Wildman–Crippen LogP) is 4.79. The number of methoxy groups -OCH3 is 1. The van der Waals surface area contributed by atoms with Crippen LogP contribution in [0.15, 0.2) is 48.1 Å². The SMILES string of the molecule is COC[C@H]1CCCN1Cc1ccc2c(c1)NC(=O)N(c1csc(-c3ccncc3)n1)C2.Cl. The lowest BCUT2D eigenvalue weighted by Crippen LogP contribution is -2.39. The summed E-state index contributed by atoms with van der Waals surface area (Å²) in [7, 11) is 1.76. The second-order valence-corrected chi connectivity index (χ2v) is 8.83. The molecule has 0 spiro atoms. The third kappa shape index (κ3) is 4.63. The van der Waals surface area contributed by atoms with Gasteiger partial charge >= 0.3 is 6.03 Å². The first kappa shape index (κ1) is 22.7. The Morgan fingerprint density at radius 1 is 1.25 bits per heavy atom. The van der Waals surface area contributed by atoms with E-state index >= 15 is 0 Å². The molecule has 7 nitrogen and oxygen atoms in total. The summed E-state index contributed by atoms with van der Waals surface area (Å²) in [6, 6.07) is 10.6. The van der Waals surface area contributed by atoms with Crippen LogP contribution in [0, 0.1) is 0 Å². The maximum atomic E-state index is 12.8. The quantitative estimate of drug-likeness (QED) is 0.559. The Morgan fingerprint density at radius 2 is 2.09 bits per heavy atom. The van der Waals surface area contributed by atoms with E-state index in [1.165, 1.54) is 29.7 Å². The standard InChI is InChI=1S/C23H25N5O2S.ClH/c1-30-14-19-3-2-10-27(19)12-16-4-5-18-13-28(23(29)25-20(18)11-16)21-15-31-22(26-21)17-6-8-24-9-7-17;/h4-9,11,15,19H,2-3,10,12-14H2,1H3,(H,25,29);1H/t19-;/m1./s1. The van der Waals surface area contributed by atoms with E-state index in [4.69, 9.17) is 4.74 Å². The monoisotopic (exact) mass is 471 g/mol. The number of pyridine rings is 1. The second-order valence-electron chi connectivity index (χ2n) is 7.98. The van der Waals surface area contributed by atoms with Gasteiger partial charge in [-0.1, -0.05) is 12.1 Å². The summed E-state index contributed by atoms with van der Waals surface area (Å²) in [5.41, 5.74) is 4.20. The van der Waals surface area contributed by atoms with Gasteiger partial charge in [-0.25, -0.2) is 9.78 Å². The van der Waals surface area contributed by atoms with Crippen LogP contribution in [0.25, 0.3) is 10.6 Å². The zero-order valence-electron chi connectivity index (χ0n) is 17.9. The molecule has 3 aromatic rings. The number of nitrogens with zero attached hydrogens (tertiary/aromatic N) is 4. The van der Waals surface area contributed by atoms with Crippen LogP contribution in [0.5, 0.6) is 0 Å². The number of halogens is 1. The molecule has 1 saturated heterocycles. The number of hydrogen-bond donors (Lipinski definition) is 1. The van der Waals surface area contributed by atoms with Gasteiger partial charge in [0, 0.05) is 48.7 Å². The lowest BCUT2D eigenvalue weighted by molar-refractivity contribution is 0.112. The molecule has 1 aromatic carbocycles. The molecule has 1 fully saturated rings. The van der Waals surface area contributed by atoms with E-state index in [1.54, 1.807) is 24.4 Å². The van der Waals surface area contributed by atoms with Crippen molar-refractivity contribution in [2.75, 3.05) is 30.5 Å². The van der Waals surface area contributed by atoms with Gasteiger partial charge in [0.25, 0.3) is 0 Å². The number of urea groups is 1. The number of amides is 2. The van der Waals surface area contributed by atoms with Crippen molar-refractivity contribution >= 4 is 41.3 Å². The van der Waals surface area contributed by atoms with Crippen molar-refractivity contribution in [3.63, 3.8) is 0 Å². The number of carbonyl (C=O) groups excluding carboxylic acids is 1. The highest BCUT2D eigenvalue weighted by atomic mass is 35.5. The Balaban J connectivity index is 0.00000245. The smallest absolute Gasteiger partial charge is 0.327 e. The van der Waals surface area contributed by atoms with Crippen molar-refractivity contribution in [2.45, 2.75) is 32.0 Å². The summed E-state index contributed by atoms with van der Waals surface area (Å²) in [5, 5.41) is 5.86. The van der Waals surface area contributed by atoms with Gasteiger partial charge in [0.15, 0.2) is 0 Å². The van der Waals surface area contributed by atoms with Crippen LogP contribution >= 0.6 is 23.7 Å². The van der Waals surface area contributed by atoms with Gasteiger partial charge in [0.2, 0.25) is 0 Å². The molecule has 2 aromatic heterocycles. The number of fused-ring (bicyclic) bond motifs is 1. The van der Waals surface area contributed by atoms with Crippen molar-refractivity contribution in [1.82, 2.24) is 14.9 Å². The fourth-order valence-corrected chi connectivity index (χ4v) is 5.14. The molecule has 2 aliphatic heterocycles. The summed E-state index contributed by atoms with van der Waals surface area (Å²) in [6.45, 7) is 3.25. The summed E-state index contributed by atoms with van der Waals surface area (Å²) in [4.78, 5) is 25.7. The van der Waals surface area contributed by atoms with Crippen molar-refractivity contribution < 1.29 is 9.53 Å². The number of hydrogen-bond acceptors (Lipinski definition) is 6. The number of rotatable bonds is 6. The number of nitrogens with one attached hydrogen (secondary N) is 1. The molecule has 0 unspecified atom stereocenters. The fourth-order valence-electron chi connectivity index (χ4n) is 4.32. The minimum absolute atomic E-state index is 0. The van der Waals surface area contributed by atoms with Crippen molar-refractivity contribution in [3.8, 4) is 10.6 Å². The van der Waals surface area contributed by atoms with Crippen molar-refractivity contribution in [3.05, 3.63) is 59.2 Å². The third-order valence-corrected chi connectivity index (χ3v) is 6.81. The number of likely N-dealkylation sites (tertiary alicyclic amines) is 1. The number of carbonyl (C=O) groups is 1. The highest BCUT2D eigenvalue weighted by Crippen LogP contribution is 2.32. The topological polar surface area (TPSA) is 70.6 Å². The zero-order valence-corrected chi connectivity index (χ0v) is 19.5. The zero-order chi connectivity index (χ0) is 21.2. The van der Waals surface area contributed by atoms with E-state index in [0.29, 0.717) is 18.4 Å². The summed E-state index contributed by atoms with van der Waals surface area (Å²) in [5.74, 6) is 0.670. The van der Waals surface area contributed by atoms with Gasteiger partial charge in [-0.2, -0.15) is 0 Å². The van der Waals surface area contributed by atoms with Crippen LogP contribution in [-0.2, 0) is 17.8 Å². The number of aromatic nitrogens is 2. The number of ether oxygens (including phenoxy) is 1. The normalized spacial score (nSPS) is 18.2. The molecule has 1 N–H and O–H groups in total. The predicted molar refractivity (Wildman–Crippen MR) is 130 cm³/mol. The Labute approximate surface area is 197 Å². The molecule has 0 radical (unpaired) electrons. The van der Waals surface area contributed by atoms with Gasteiger partial charge < -0.3 is 10.1 Å². The summed E-state index contributed by atoms with van der Waals surface area (Å²) in [6.07, 6.45) is 5.88. The van der Waals surface area contributed by atoms with Gasteiger partial charge in [-0.3, -0.25) is 14.8 Å². The van der Waals surface area contributed by atoms with Gasteiger partial charge in [-0.15, -0.1) is 23.7 Å². The Morgan fingerprint density at radius 3 is 2.91 bits per heavy atom. The molecular formula is C23H26ClN5O2S. The largest absolute Gasteiger partial charge is 0.383 e. The van der Waals surface area contributed by atoms with E-state index < -0.39 is 0 Å². The Kier molecular flexibility index (Phi) is 7.05. The molecule has 168 valence electrons. The molecule has 2 aliphatic rings. The minimum atomic E-state index is -0.144. The average molecular weight is 472 g/mol. The molecule has 4 heterocycles. The molecule has 5 rings (SSSR count). The molecule has 9 heteroatoms. The molecule has 2 amide bonds. The number of anilines is 2. The highest BCUT2D eigenvalue weighted by Gasteiger charge is 2.28. The van der Waals surface area contributed by atoms with Gasteiger partial charge in [0.1, 0.15) is 10.8 Å². The van der Waals surface area contributed by atoms with Crippen LogP contribution in [0.3, 0.4) is 0 Å². The molecule has 32 heavy (non-hydrogen) atoms. The Bertz CT molecular complexity index is 1080. The van der Waals surface area contributed by atoms with Crippen LogP contribution in [0.4, 0.5) is 16.3 Å². The van der Waals surface area contributed by atoms with E-state index in [0.717, 1.165) is 41.5 Å². The van der Waals surface area contributed by atoms with E-state index in [9.17, 15) is 4.79 Å². The van der Waals surface area contributed by atoms with E-state index in [1.807, 2.05) is 17.5 Å². The molecule has 0 saturated carbocycles. The molecular weight excluding hydrogens is 446 g/mol. The lowest BCUT2D eigenvalue weighted by Gasteiger charge is -2.29. The van der Waals surface area contributed by atoms with Crippen molar-refractivity contribution in [1.29, 1.82) is 0 Å². The summed E-state index contributed by atoms with van der Waals surface area (Å²) >= 11 is 1.53. The van der Waals surface area contributed by atoms with Crippen LogP contribution < -0.4 is 10.2 Å². The van der Waals surface area contributed by atoms with Gasteiger partial charge in [-0.05, 0) is 48.7 Å². The third-order valence-electron chi connectivity index (χ3n) is 5.93. The first-order valence-electron chi connectivity index (χ1n) is 10.5. The number of benzene rings is 1. The Hall–Kier alpha value is -2.52. The first-order valence-corrected chi connectivity index (χ1v) is 11.4. The van der Waals surface area contributed by atoms with Gasteiger partial charge in [0.05, 0.1) is 13.2 Å². The van der Waals surface area contributed by atoms with Crippen LogP contribution in [0.1, 0.15) is 24.0 Å².